The van der Waals surface area contributed by atoms with Crippen LogP contribution < -0.4 is 21.3 Å². The average Bonchev–Trinajstić information content (AvgIpc) is 3.28. The van der Waals surface area contributed by atoms with E-state index in [1.165, 1.54) is 0 Å². The monoisotopic (exact) mass is 453 g/mol. The van der Waals surface area contributed by atoms with Crippen molar-refractivity contribution in [3.05, 3.63) is 54.1 Å². The van der Waals surface area contributed by atoms with Gasteiger partial charge in [0.2, 0.25) is 11.8 Å². The van der Waals surface area contributed by atoms with Gasteiger partial charge in [0, 0.05) is 6.42 Å². The molecule has 1 aromatic carbocycles. The third-order valence-electron chi connectivity index (χ3n) is 4.92. The highest BCUT2D eigenvalue weighted by Gasteiger charge is 2.26. The molecule has 0 spiro atoms. The SMILES string of the molecule is CC(C)(C)OC(=O)N[C@@H](Cc1ccccc1)C(=O)Nc1cccc(NC(=O)[C@@H]2CCCN2)n1. The van der Waals surface area contributed by atoms with E-state index < -0.39 is 23.6 Å². The number of pyridine rings is 1. The van der Waals surface area contributed by atoms with E-state index in [-0.39, 0.29) is 24.2 Å². The third-order valence-corrected chi connectivity index (χ3v) is 4.92. The highest BCUT2D eigenvalue weighted by Crippen LogP contribution is 2.14. The van der Waals surface area contributed by atoms with Crippen molar-refractivity contribution in [1.29, 1.82) is 0 Å². The second-order valence-corrected chi connectivity index (χ2v) is 8.92. The quantitative estimate of drug-likeness (QED) is 0.512. The Bertz CT molecular complexity index is 968. The summed E-state index contributed by atoms with van der Waals surface area (Å²) in [6.45, 7) is 6.08. The fraction of sp³-hybridized carbons (Fsp3) is 0.417. The summed E-state index contributed by atoms with van der Waals surface area (Å²) in [7, 11) is 0. The number of benzene rings is 1. The molecule has 33 heavy (non-hydrogen) atoms. The molecule has 9 nitrogen and oxygen atoms in total. The predicted octanol–water partition coefficient (Wildman–Crippen LogP) is 2.85. The molecule has 2 heterocycles. The molecular formula is C24H31N5O4. The van der Waals surface area contributed by atoms with Crippen LogP contribution in [0, 0.1) is 0 Å². The van der Waals surface area contributed by atoms with Crippen molar-refractivity contribution in [2.75, 3.05) is 17.2 Å². The molecule has 0 aliphatic carbocycles. The van der Waals surface area contributed by atoms with E-state index in [2.05, 4.69) is 26.3 Å². The van der Waals surface area contributed by atoms with Crippen LogP contribution in [0.4, 0.5) is 16.4 Å². The van der Waals surface area contributed by atoms with Gasteiger partial charge in [-0.3, -0.25) is 9.59 Å². The van der Waals surface area contributed by atoms with Crippen LogP contribution in [0.1, 0.15) is 39.2 Å². The molecule has 1 aliphatic heterocycles. The van der Waals surface area contributed by atoms with E-state index in [9.17, 15) is 14.4 Å². The lowest BCUT2D eigenvalue weighted by Crippen LogP contribution is -2.47. The number of carbonyl (C=O) groups is 3. The number of rotatable bonds is 7. The third kappa shape index (κ3) is 7.87. The normalized spacial score (nSPS) is 16.5. The first-order valence-corrected chi connectivity index (χ1v) is 11.1. The smallest absolute Gasteiger partial charge is 0.408 e. The van der Waals surface area contributed by atoms with Crippen molar-refractivity contribution in [2.45, 2.75) is 57.7 Å². The summed E-state index contributed by atoms with van der Waals surface area (Å²) < 4.78 is 5.32. The molecule has 3 rings (SSSR count). The maximum atomic E-state index is 13.0. The fourth-order valence-corrected chi connectivity index (χ4v) is 3.42. The van der Waals surface area contributed by atoms with Crippen molar-refractivity contribution in [3.63, 3.8) is 0 Å². The molecule has 176 valence electrons. The molecule has 0 saturated carbocycles. The number of carbonyl (C=O) groups excluding carboxylic acids is 3. The number of hydrogen-bond acceptors (Lipinski definition) is 6. The average molecular weight is 454 g/mol. The first-order valence-electron chi connectivity index (χ1n) is 11.1. The summed E-state index contributed by atoms with van der Waals surface area (Å²) in [5.74, 6) is 0.00242. The number of ether oxygens (including phenoxy) is 1. The van der Waals surface area contributed by atoms with Crippen molar-refractivity contribution >= 4 is 29.5 Å². The van der Waals surface area contributed by atoms with Crippen molar-refractivity contribution in [2.24, 2.45) is 0 Å². The standard InChI is InChI=1S/C24H31N5O4/c1-24(2,3)33-23(32)26-18(15-16-9-5-4-6-10-16)22(31)29-20-13-7-12-19(27-20)28-21(30)17-11-8-14-25-17/h4-7,9-10,12-13,17-18,25H,8,11,14-15H2,1-3H3,(H,26,32)(H2,27,28,29,30,31)/t17-,18-/m0/s1. The number of anilines is 2. The summed E-state index contributed by atoms with van der Waals surface area (Å²) in [6.07, 6.45) is 1.32. The number of nitrogens with zero attached hydrogens (tertiary/aromatic N) is 1. The molecule has 0 bridgehead atoms. The molecule has 2 aromatic rings. The van der Waals surface area contributed by atoms with E-state index in [1.807, 2.05) is 30.3 Å². The van der Waals surface area contributed by atoms with Gasteiger partial charge in [0.05, 0.1) is 6.04 Å². The van der Waals surface area contributed by atoms with Crippen LogP contribution in [-0.4, -0.2) is 47.1 Å². The van der Waals surface area contributed by atoms with Crippen molar-refractivity contribution < 1.29 is 19.1 Å². The highest BCUT2D eigenvalue weighted by molar-refractivity contribution is 5.97. The minimum atomic E-state index is -0.884. The molecule has 3 amide bonds. The summed E-state index contributed by atoms with van der Waals surface area (Å²) in [4.78, 5) is 42.0. The first kappa shape index (κ1) is 24.2. The zero-order valence-electron chi connectivity index (χ0n) is 19.2. The van der Waals surface area contributed by atoms with E-state index in [0.29, 0.717) is 5.82 Å². The maximum absolute atomic E-state index is 13.0. The maximum Gasteiger partial charge on any atom is 0.408 e. The Morgan fingerprint density at radius 2 is 1.76 bits per heavy atom. The lowest BCUT2D eigenvalue weighted by atomic mass is 10.1. The number of amides is 3. The largest absolute Gasteiger partial charge is 0.444 e. The van der Waals surface area contributed by atoms with Crippen LogP contribution >= 0.6 is 0 Å². The number of alkyl carbamates (subject to hydrolysis) is 1. The number of hydrogen-bond donors (Lipinski definition) is 4. The van der Waals surface area contributed by atoms with Gasteiger partial charge in [-0.15, -0.1) is 0 Å². The summed E-state index contributed by atoms with van der Waals surface area (Å²) in [5.41, 5.74) is 0.187. The van der Waals surface area contributed by atoms with Gasteiger partial charge in [-0.05, 0) is 57.9 Å². The van der Waals surface area contributed by atoms with E-state index >= 15 is 0 Å². The van der Waals surface area contributed by atoms with Crippen LogP contribution in [0.25, 0.3) is 0 Å². The van der Waals surface area contributed by atoms with Crippen molar-refractivity contribution in [3.8, 4) is 0 Å². The topological polar surface area (TPSA) is 121 Å². The zero-order chi connectivity index (χ0) is 23.8. The van der Waals surface area contributed by atoms with Gasteiger partial charge in [0.15, 0.2) is 0 Å². The minimum absolute atomic E-state index is 0.156. The Hall–Kier alpha value is -3.46. The molecule has 4 N–H and O–H groups in total. The molecule has 0 unspecified atom stereocenters. The molecule has 2 atom stereocenters. The Balaban J connectivity index is 1.68. The van der Waals surface area contributed by atoms with Gasteiger partial charge >= 0.3 is 6.09 Å². The van der Waals surface area contributed by atoms with Gasteiger partial charge in [0.25, 0.3) is 0 Å². The van der Waals surface area contributed by atoms with Crippen LogP contribution in [0.2, 0.25) is 0 Å². The first-order chi connectivity index (χ1) is 15.7. The van der Waals surface area contributed by atoms with Crippen LogP contribution in [0.15, 0.2) is 48.5 Å². The molecule has 1 aliphatic rings. The lowest BCUT2D eigenvalue weighted by molar-refractivity contribution is -0.118. The zero-order valence-corrected chi connectivity index (χ0v) is 19.2. The molecule has 1 aromatic heterocycles. The van der Waals surface area contributed by atoms with Gasteiger partial charge in [0.1, 0.15) is 23.3 Å². The fourth-order valence-electron chi connectivity index (χ4n) is 3.42. The van der Waals surface area contributed by atoms with Gasteiger partial charge in [-0.2, -0.15) is 0 Å². The van der Waals surface area contributed by atoms with Crippen molar-refractivity contribution in [1.82, 2.24) is 15.6 Å². The molecule has 9 heteroatoms. The number of nitrogens with one attached hydrogen (secondary N) is 4. The summed E-state index contributed by atoms with van der Waals surface area (Å²) in [6, 6.07) is 13.2. The molecule has 0 radical (unpaired) electrons. The van der Waals surface area contributed by atoms with Crippen LogP contribution in [0.3, 0.4) is 0 Å². The van der Waals surface area contributed by atoms with E-state index in [1.54, 1.807) is 39.0 Å². The molecule has 1 saturated heterocycles. The Kier molecular flexibility index (Phi) is 8.00. The Morgan fingerprint density at radius 3 is 2.39 bits per heavy atom. The second kappa shape index (κ2) is 10.9. The van der Waals surface area contributed by atoms with Gasteiger partial charge in [-0.1, -0.05) is 36.4 Å². The van der Waals surface area contributed by atoms with Crippen LogP contribution in [-0.2, 0) is 20.7 Å². The molecule has 1 fully saturated rings. The van der Waals surface area contributed by atoms with E-state index in [0.717, 1.165) is 24.9 Å². The predicted molar refractivity (Wildman–Crippen MR) is 126 cm³/mol. The summed E-state index contributed by atoms with van der Waals surface area (Å²) in [5, 5.41) is 11.3. The molecular weight excluding hydrogens is 422 g/mol. The lowest BCUT2D eigenvalue weighted by Gasteiger charge is -2.23. The Labute approximate surface area is 193 Å². The summed E-state index contributed by atoms with van der Waals surface area (Å²) >= 11 is 0. The van der Waals surface area contributed by atoms with E-state index in [4.69, 9.17) is 4.74 Å². The minimum Gasteiger partial charge on any atom is -0.444 e. The van der Waals surface area contributed by atoms with Crippen LogP contribution in [0.5, 0.6) is 0 Å². The second-order valence-electron chi connectivity index (χ2n) is 8.92. The number of aromatic nitrogens is 1. The van der Waals surface area contributed by atoms with Gasteiger partial charge in [-0.25, -0.2) is 9.78 Å². The van der Waals surface area contributed by atoms with Gasteiger partial charge < -0.3 is 26.0 Å². The highest BCUT2D eigenvalue weighted by atomic mass is 16.6. The Morgan fingerprint density at radius 1 is 1.06 bits per heavy atom.